The summed E-state index contributed by atoms with van der Waals surface area (Å²) in [7, 11) is 4.82. The van der Waals surface area contributed by atoms with Gasteiger partial charge in [-0.15, -0.1) is 0 Å². The molecule has 0 atom stereocenters. The third kappa shape index (κ3) is 1.86. The van der Waals surface area contributed by atoms with Gasteiger partial charge in [-0.3, -0.25) is 4.98 Å². The summed E-state index contributed by atoms with van der Waals surface area (Å²) >= 11 is 0. The predicted octanol–water partition coefficient (Wildman–Crippen LogP) is 0.682. The molecule has 0 unspecified atom stereocenters. The van der Waals surface area contributed by atoms with Crippen molar-refractivity contribution < 1.29 is 4.65 Å². The molecule has 0 aliphatic carbocycles. The van der Waals surface area contributed by atoms with Crippen molar-refractivity contribution in [3.63, 3.8) is 0 Å². The molecule has 1 rings (SSSR count). The Hall–Kier alpha value is -0.825. The molecule has 0 bridgehead atoms. The second-order valence-corrected chi connectivity index (χ2v) is 1.63. The molecule has 0 spiro atoms. The second-order valence-electron chi connectivity index (χ2n) is 1.63. The molecule has 9 heavy (non-hydrogen) atoms. The summed E-state index contributed by atoms with van der Waals surface area (Å²) in [6.07, 6.45) is 1.70. The van der Waals surface area contributed by atoms with Crippen LogP contribution < -0.4 is 0 Å². The topological polar surface area (TPSA) is 22.1 Å². The number of pyridine rings is 1. The quantitative estimate of drug-likeness (QED) is 0.534. The first-order chi connectivity index (χ1) is 4.43. The van der Waals surface area contributed by atoms with E-state index in [0.29, 0.717) is 6.61 Å². The SMILES string of the molecule is [B]OCc1ccccn1. The summed E-state index contributed by atoms with van der Waals surface area (Å²) in [6.45, 7) is 0.376. The molecule has 1 aromatic heterocycles. The van der Waals surface area contributed by atoms with Crippen LogP contribution in [0.2, 0.25) is 0 Å². The van der Waals surface area contributed by atoms with Crippen LogP contribution in [0, 0.1) is 0 Å². The lowest BCUT2D eigenvalue weighted by molar-refractivity contribution is 0.333. The fourth-order valence-corrected chi connectivity index (χ4v) is 0.569. The van der Waals surface area contributed by atoms with Gasteiger partial charge in [0.15, 0.2) is 0 Å². The van der Waals surface area contributed by atoms with Crippen LogP contribution in [-0.2, 0) is 11.3 Å². The normalized spacial score (nSPS) is 9.33. The van der Waals surface area contributed by atoms with Crippen LogP contribution in [0.4, 0.5) is 0 Å². The van der Waals surface area contributed by atoms with Gasteiger partial charge in [-0.1, -0.05) is 6.07 Å². The van der Waals surface area contributed by atoms with Crippen molar-refractivity contribution in [3.8, 4) is 0 Å². The predicted molar refractivity (Wildman–Crippen MR) is 34.8 cm³/mol. The number of hydrogen-bond donors (Lipinski definition) is 0. The lowest BCUT2D eigenvalue weighted by atomic mass is 10.4. The summed E-state index contributed by atoms with van der Waals surface area (Å²) < 4.78 is 4.37. The van der Waals surface area contributed by atoms with Crippen molar-refractivity contribution in [3.05, 3.63) is 30.1 Å². The summed E-state index contributed by atoms with van der Waals surface area (Å²) in [5.74, 6) is 0. The highest BCUT2D eigenvalue weighted by Crippen LogP contribution is 1.92. The fraction of sp³-hybridized carbons (Fsp3) is 0.167. The Labute approximate surface area is 55.3 Å². The zero-order valence-corrected chi connectivity index (χ0v) is 4.95. The zero-order valence-electron chi connectivity index (χ0n) is 4.95. The lowest BCUT2D eigenvalue weighted by Gasteiger charge is -1.94. The van der Waals surface area contributed by atoms with E-state index in [4.69, 9.17) is 8.05 Å². The van der Waals surface area contributed by atoms with Crippen molar-refractivity contribution in [1.29, 1.82) is 0 Å². The maximum Gasteiger partial charge on any atom is 0.283 e. The van der Waals surface area contributed by atoms with Gasteiger partial charge in [-0.05, 0) is 12.1 Å². The van der Waals surface area contributed by atoms with Gasteiger partial charge in [0.2, 0.25) is 0 Å². The number of hydrogen-bond acceptors (Lipinski definition) is 2. The van der Waals surface area contributed by atoms with Crippen LogP contribution in [0.25, 0.3) is 0 Å². The fourth-order valence-electron chi connectivity index (χ4n) is 0.569. The largest absolute Gasteiger partial charge is 0.442 e. The molecule has 0 aliphatic rings. The minimum atomic E-state index is 0.376. The Morgan fingerprint density at radius 2 is 2.44 bits per heavy atom. The molecule has 2 radical (unpaired) electrons. The average molecular weight is 119 g/mol. The molecule has 0 aliphatic heterocycles. The van der Waals surface area contributed by atoms with Crippen molar-refractivity contribution in [2.45, 2.75) is 6.61 Å². The molecule has 2 nitrogen and oxygen atoms in total. The van der Waals surface area contributed by atoms with E-state index in [1.807, 2.05) is 18.2 Å². The van der Waals surface area contributed by atoms with Gasteiger partial charge in [-0.25, -0.2) is 0 Å². The van der Waals surface area contributed by atoms with Crippen LogP contribution in [-0.4, -0.2) is 13.0 Å². The van der Waals surface area contributed by atoms with Gasteiger partial charge < -0.3 is 4.65 Å². The minimum absolute atomic E-state index is 0.376. The maximum absolute atomic E-state index is 4.82. The first-order valence-corrected chi connectivity index (χ1v) is 2.65. The van der Waals surface area contributed by atoms with E-state index >= 15 is 0 Å². The van der Waals surface area contributed by atoms with Crippen molar-refractivity contribution in [2.75, 3.05) is 0 Å². The Bertz CT molecular complexity index is 166. The molecule has 0 amide bonds. The second kappa shape index (κ2) is 3.25. The Morgan fingerprint density at radius 1 is 1.56 bits per heavy atom. The van der Waals surface area contributed by atoms with Gasteiger partial charge in [0.05, 0.1) is 12.3 Å². The smallest absolute Gasteiger partial charge is 0.283 e. The summed E-state index contributed by atoms with van der Waals surface area (Å²) in [4.78, 5) is 3.96. The van der Waals surface area contributed by atoms with Crippen molar-refractivity contribution >= 4 is 8.05 Å². The van der Waals surface area contributed by atoms with E-state index in [1.165, 1.54) is 0 Å². The molecule has 3 heteroatoms. The van der Waals surface area contributed by atoms with Crippen molar-refractivity contribution in [2.24, 2.45) is 0 Å². The highest BCUT2D eigenvalue weighted by Gasteiger charge is 1.86. The van der Waals surface area contributed by atoms with E-state index in [2.05, 4.69) is 9.64 Å². The average Bonchev–Trinajstić information content (AvgIpc) is 1.91. The van der Waals surface area contributed by atoms with E-state index < -0.39 is 0 Å². The Morgan fingerprint density at radius 3 is 3.00 bits per heavy atom. The maximum atomic E-state index is 4.82. The monoisotopic (exact) mass is 119 g/mol. The summed E-state index contributed by atoms with van der Waals surface area (Å²) in [6, 6.07) is 5.59. The van der Waals surface area contributed by atoms with Crippen LogP contribution >= 0.6 is 0 Å². The van der Waals surface area contributed by atoms with Crippen LogP contribution in [0.15, 0.2) is 24.4 Å². The number of aromatic nitrogens is 1. The molecule has 0 aromatic carbocycles. The van der Waals surface area contributed by atoms with Crippen LogP contribution in [0.1, 0.15) is 5.69 Å². The molecule has 1 heterocycles. The minimum Gasteiger partial charge on any atom is -0.442 e. The first kappa shape index (κ1) is 6.30. The van der Waals surface area contributed by atoms with Crippen molar-refractivity contribution in [1.82, 2.24) is 4.98 Å². The molecular weight excluding hydrogens is 113 g/mol. The van der Waals surface area contributed by atoms with E-state index in [9.17, 15) is 0 Å². The summed E-state index contributed by atoms with van der Waals surface area (Å²) in [5, 5.41) is 0. The van der Waals surface area contributed by atoms with Gasteiger partial charge >= 0.3 is 0 Å². The zero-order chi connectivity index (χ0) is 6.53. The van der Waals surface area contributed by atoms with Crippen LogP contribution in [0.3, 0.4) is 0 Å². The van der Waals surface area contributed by atoms with Gasteiger partial charge in [0.25, 0.3) is 8.05 Å². The molecule has 0 fully saturated rings. The Balaban J connectivity index is 2.61. The highest BCUT2D eigenvalue weighted by atomic mass is 16.4. The molecule has 0 saturated heterocycles. The van der Waals surface area contributed by atoms with Gasteiger partial charge in [-0.2, -0.15) is 0 Å². The molecular formula is C6H6BNO. The van der Waals surface area contributed by atoms with E-state index in [0.717, 1.165) is 5.69 Å². The first-order valence-electron chi connectivity index (χ1n) is 2.65. The van der Waals surface area contributed by atoms with E-state index in [1.54, 1.807) is 6.20 Å². The lowest BCUT2D eigenvalue weighted by Crippen LogP contribution is -1.90. The molecule has 0 saturated carbocycles. The highest BCUT2D eigenvalue weighted by molar-refractivity contribution is 5.97. The van der Waals surface area contributed by atoms with E-state index in [-0.39, 0.29) is 0 Å². The number of nitrogens with zero attached hydrogens (tertiary/aromatic N) is 1. The van der Waals surface area contributed by atoms with Crippen LogP contribution in [0.5, 0.6) is 0 Å². The summed E-state index contributed by atoms with van der Waals surface area (Å²) in [5.41, 5.74) is 0.847. The molecule has 44 valence electrons. The van der Waals surface area contributed by atoms with Gasteiger partial charge in [0, 0.05) is 6.20 Å². The molecule has 0 N–H and O–H groups in total. The third-order valence-corrected chi connectivity index (χ3v) is 0.957. The number of rotatable bonds is 2. The third-order valence-electron chi connectivity index (χ3n) is 0.957. The molecule has 1 aromatic rings. The van der Waals surface area contributed by atoms with Gasteiger partial charge in [0.1, 0.15) is 0 Å². The Kier molecular flexibility index (Phi) is 2.27. The standard InChI is InChI=1S/C6H6BNO/c7-9-5-6-3-1-2-4-8-6/h1-4H,5H2.